The minimum Gasteiger partial charge on any atom is -0.490 e. The summed E-state index contributed by atoms with van der Waals surface area (Å²) in [4.78, 5) is 9.79. The average molecular weight is 267 g/mol. The quantitative estimate of drug-likeness (QED) is 0.612. The fourth-order valence-electron chi connectivity index (χ4n) is 2.39. The molecule has 1 fully saturated rings. The Kier molecular flexibility index (Phi) is 3.73. The number of nitro groups is 1. The minimum atomic E-state index is -0.848. The lowest BCUT2D eigenvalue weighted by atomic mass is 9.76. The van der Waals surface area contributed by atoms with E-state index in [1.807, 2.05) is 0 Å². The molecule has 1 aliphatic rings. The Balaban J connectivity index is 2.01. The molecule has 0 atom stereocenters. The average Bonchev–Trinajstić information content (AvgIpc) is 2.31. The van der Waals surface area contributed by atoms with E-state index in [1.54, 1.807) is 0 Å². The van der Waals surface area contributed by atoms with E-state index in [0.29, 0.717) is 11.2 Å². The highest BCUT2D eigenvalue weighted by Gasteiger charge is 2.28. The molecule has 0 spiro atoms. The molecule has 1 aromatic carbocycles. The van der Waals surface area contributed by atoms with Gasteiger partial charge in [0.25, 0.3) is 0 Å². The number of nitro benzene ring substituents is 1. The third-order valence-corrected chi connectivity index (χ3v) is 3.70. The molecule has 2 rings (SSSR count). The van der Waals surface area contributed by atoms with Crippen LogP contribution >= 0.6 is 0 Å². The summed E-state index contributed by atoms with van der Waals surface area (Å²) >= 11 is 0. The predicted octanol–water partition coefficient (Wildman–Crippen LogP) is 4.08. The van der Waals surface area contributed by atoms with Crippen LogP contribution in [0.2, 0.25) is 0 Å². The van der Waals surface area contributed by atoms with Gasteiger partial charge in [0.15, 0.2) is 0 Å². The summed E-state index contributed by atoms with van der Waals surface area (Å²) in [5, 5.41) is 10.5. The van der Waals surface area contributed by atoms with Crippen LogP contribution in [0.4, 0.5) is 10.1 Å². The second-order valence-corrected chi connectivity index (χ2v) is 5.85. The van der Waals surface area contributed by atoms with Crippen LogP contribution in [0.25, 0.3) is 0 Å². The third-order valence-electron chi connectivity index (χ3n) is 3.70. The molecular weight excluding hydrogens is 249 g/mol. The summed E-state index contributed by atoms with van der Waals surface area (Å²) < 4.78 is 19.2. The van der Waals surface area contributed by atoms with Gasteiger partial charge in [-0.3, -0.25) is 10.1 Å². The highest BCUT2D eigenvalue weighted by atomic mass is 19.1. The number of hydrogen-bond donors (Lipinski definition) is 0. The van der Waals surface area contributed by atoms with Gasteiger partial charge in [-0.2, -0.15) is 4.39 Å². The van der Waals surface area contributed by atoms with Crippen molar-refractivity contribution in [1.29, 1.82) is 0 Å². The lowest BCUT2D eigenvalue weighted by molar-refractivity contribution is -0.387. The Morgan fingerprint density at radius 2 is 2.00 bits per heavy atom. The largest absolute Gasteiger partial charge is 0.490 e. The van der Waals surface area contributed by atoms with Gasteiger partial charge < -0.3 is 4.74 Å². The van der Waals surface area contributed by atoms with Crippen molar-refractivity contribution in [3.63, 3.8) is 0 Å². The van der Waals surface area contributed by atoms with Gasteiger partial charge in [-0.15, -0.1) is 0 Å². The van der Waals surface area contributed by atoms with E-state index in [0.717, 1.165) is 37.8 Å². The van der Waals surface area contributed by atoms with Crippen molar-refractivity contribution in [3.05, 3.63) is 34.1 Å². The summed E-state index contributed by atoms with van der Waals surface area (Å²) in [6, 6.07) is 3.70. The van der Waals surface area contributed by atoms with E-state index in [1.165, 1.54) is 6.07 Å². The summed E-state index contributed by atoms with van der Waals surface area (Å²) in [5.41, 5.74) is -0.169. The van der Waals surface area contributed by atoms with Crippen molar-refractivity contribution in [2.45, 2.75) is 45.6 Å². The molecule has 0 N–H and O–H groups in total. The third kappa shape index (κ3) is 3.43. The van der Waals surface area contributed by atoms with Crippen molar-refractivity contribution < 1.29 is 14.1 Å². The Morgan fingerprint density at radius 3 is 2.53 bits per heavy atom. The van der Waals surface area contributed by atoms with E-state index in [-0.39, 0.29) is 6.10 Å². The number of benzene rings is 1. The second kappa shape index (κ2) is 5.15. The van der Waals surface area contributed by atoms with Crippen LogP contribution < -0.4 is 4.74 Å². The maximum atomic E-state index is 13.5. The van der Waals surface area contributed by atoms with Gasteiger partial charge in [-0.25, -0.2) is 0 Å². The molecule has 1 saturated carbocycles. The van der Waals surface area contributed by atoms with Crippen molar-refractivity contribution in [2.75, 3.05) is 0 Å². The van der Waals surface area contributed by atoms with Crippen LogP contribution in [0.15, 0.2) is 18.2 Å². The van der Waals surface area contributed by atoms with Crippen LogP contribution in [-0.4, -0.2) is 11.0 Å². The van der Waals surface area contributed by atoms with E-state index in [9.17, 15) is 14.5 Å². The van der Waals surface area contributed by atoms with Gasteiger partial charge in [0.1, 0.15) is 5.75 Å². The van der Waals surface area contributed by atoms with E-state index in [4.69, 9.17) is 4.74 Å². The molecule has 0 unspecified atom stereocenters. The van der Waals surface area contributed by atoms with Gasteiger partial charge in [0, 0.05) is 12.1 Å². The molecule has 5 heteroatoms. The Hall–Kier alpha value is -1.65. The van der Waals surface area contributed by atoms with Gasteiger partial charge in [0.2, 0.25) is 5.82 Å². The molecule has 0 amide bonds. The number of nitrogens with zero attached hydrogens (tertiary/aromatic N) is 1. The van der Waals surface area contributed by atoms with Gasteiger partial charge in [0.05, 0.1) is 11.0 Å². The van der Waals surface area contributed by atoms with Crippen LogP contribution in [0.1, 0.15) is 39.5 Å². The molecule has 0 aromatic heterocycles. The molecule has 0 bridgehead atoms. The van der Waals surface area contributed by atoms with Crippen LogP contribution in [0.3, 0.4) is 0 Å². The first-order chi connectivity index (χ1) is 8.87. The Bertz CT molecular complexity index is 478. The minimum absolute atomic E-state index is 0.0777. The zero-order valence-electron chi connectivity index (χ0n) is 11.2. The van der Waals surface area contributed by atoms with E-state index >= 15 is 0 Å². The van der Waals surface area contributed by atoms with Gasteiger partial charge in [-0.1, -0.05) is 13.8 Å². The number of halogens is 1. The number of ether oxygens (including phenoxy) is 1. The molecule has 0 aliphatic heterocycles. The summed E-state index contributed by atoms with van der Waals surface area (Å²) in [5.74, 6) is -0.480. The molecule has 104 valence electrons. The van der Waals surface area contributed by atoms with Crippen LogP contribution in [0, 0.1) is 21.3 Å². The highest BCUT2D eigenvalue weighted by Crippen LogP contribution is 2.36. The molecule has 0 saturated heterocycles. The first-order valence-corrected chi connectivity index (χ1v) is 6.48. The zero-order chi connectivity index (χ0) is 14.0. The molecule has 4 nitrogen and oxygen atoms in total. The normalized spacial score (nSPS) is 19.1. The molecule has 0 radical (unpaired) electrons. The van der Waals surface area contributed by atoms with Gasteiger partial charge in [-0.05, 0) is 37.2 Å². The van der Waals surface area contributed by atoms with E-state index in [2.05, 4.69) is 13.8 Å². The lowest BCUT2D eigenvalue weighted by Crippen LogP contribution is -2.28. The standard InChI is InChI=1S/C14H18FNO3/c1-14(2)7-5-10(6-8-14)19-11-3-4-13(16(17)18)12(15)9-11/h3-4,9-10H,5-8H2,1-2H3. The van der Waals surface area contributed by atoms with Crippen LogP contribution in [0.5, 0.6) is 5.75 Å². The molecule has 1 aliphatic carbocycles. The first kappa shape index (κ1) is 13.8. The van der Waals surface area contributed by atoms with Crippen molar-refractivity contribution in [3.8, 4) is 5.75 Å². The van der Waals surface area contributed by atoms with Crippen molar-refractivity contribution in [1.82, 2.24) is 0 Å². The smallest absolute Gasteiger partial charge is 0.305 e. The SMILES string of the molecule is CC1(C)CCC(Oc2ccc([N+](=O)[O-])c(F)c2)CC1. The van der Waals surface area contributed by atoms with Crippen molar-refractivity contribution >= 4 is 5.69 Å². The first-order valence-electron chi connectivity index (χ1n) is 6.48. The van der Waals surface area contributed by atoms with E-state index < -0.39 is 16.4 Å². The maximum Gasteiger partial charge on any atom is 0.305 e. The zero-order valence-corrected chi connectivity index (χ0v) is 11.2. The molecular formula is C14H18FNO3. The fraction of sp³-hybridized carbons (Fsp3) is 0.571. The molecule has 1 aromatic rings. The molecule has 0 heterocycles. The summed E-state index contributed by atoms with van der Waals surface area (Å²) in [6.45, 7) is 4.46. The lowest BCUT2D eigenvalue weighted by Gasteiger charge is -2.34. The number of rotatable bonds is 3. The summed E-state index contributed by atoms with van der Waals surface area (Å²) in [7, 11) is 0. The predicted molar refractivity (Wildman–Crippen MR) is 69.7 cm³/mol. The number of hydrogen-bond acceptors (Lipinski definition) is 3. The summed E-state index contributed by atoms with van der Waals surface area (Å²) in [6.07, 6.45) is 4.10. The second-order valence-electron chi connectivity index (χ2n) is 5.85. The Labute approximate surface area is 111 Å². The Morgan fingerprint density at radius 1 is 1.37 bits per heavy atom. The van der Waals surface area contributed by atoms with Crippen molar-refractivity contribution in [2.24, 2.45) is 5.41 Å². The topological polar surface area (TPSA) is 52.4 Å². The van der Waals surface area contributed by atoms with Crippen LogP contribution in [-0.2, 0) is 0 Å². The monoisotopic (exact) mass is 267 g/mol. The molecule has 19 heavy (non-hydrogen) atoms. The maximum absolute atomic E-state index is 13.5. The fourth-order valence-corrected chi connectivity index (χ4v) is 2.39. The van der Waals surface area contributed by atoms with Gasteiger partial charge >= 0.3 is 5.69 Å². The highest BCUT2D eigenvalue weighted by molar-refractivity contribution is 5.38.